The Balaban J connectivity index is 2.12. The molecular formula is C13H23NO4. The van der Waals surface area contributed by atoms with Crippen molar-refractivity contribution in [1.29, 1.82) is 0 Å². The molecule has 0 aromatic heterocycles. The minimum Gasteiger partial charge on any atom is -0.444 e. The quantitative estimate of drug-likeness (QED) is 0.764. The fourth-order valence-electron chi connectivity index (χ4n) is 1.68. The summed E-state index contributed by atoms with van der Waals surface area (Å²) in [7, 11) is 0. The molecule has 1 fully saturated rings. The van der Waals surface area contributed by atoms with Gasteiger partial charge in [-0.05, 0) is 40.5 Å². The lowest BCUT2D eigenvalue weighted by atomic mass is 9.83. The molecule has 5 heteroatoms. The molecule has 104 valence electrons. The van der Waals surface area contributed by atoms with E-state index in [0.29, 0.717) is 6.61 Å². The summed E-state index contributed by atoms with van der Waals surface area (Å²) in [6.45, 7) is 7.84. The van der Waals surface area contributed by atoms with E-state index in [9.17, 15) is 9.59 Å². The number of carbonyl (C=O) groups is 2. The Morgan fingerprint density at radius 2 is 2.06 bits per heavy atom. The molecule has 1 N–H and O–H groups in total. The predicted molar refractivity (Wildman–Crippen MR) is 67.4 cm³/mol. The molecule has 18 heavy (non-hydrogen) atoms. The number of hydrogen-bond acceptors (Lipinski definition) is 4. The third kappa shape index (κ3) is 5.49. The first kappa shape index (κ1) is 15.0. The van der Waals surface area contributed by atoms with Crippen LogP contribution in [-0.2, 0) is 14.3 Å². The Morgan fingerprint density at radius 1 is 1.44 bits per heavy atom. The van der Waals surface area contributed by atoms with Crippen LogP contribution >= 0.6 is 0 Å². The van der Waals surface area contributed by atoms with Gasteiger partial charge in [0.15, 0.2) is 0 Å². The van der Waals surface area contributed by atoms with E-state index in [1.807, 2.05) is 20.8 Å². The molecule has 1 amide bonds. The van der Waals surface area contributed by atoms with Crippen LogP contribution in [-0.4, -0.2) is 36.7 Å². The summed E-state index contributed by atoms with van der Waals surface area (Å²) in [6.07, 6.45) is 1.95. The van der Waals surface area contributed by atoms with Crippen molar-refractivity contribution in [3.05, 3.63) is 0 Å². The van der Waals surface area contributed by atoms with Crippen LogP contribution < -0.4 is 5.32 Å². The van der Waals surface area contributed by atoms with Crippen LogP contribution in [0.2, 0.25) is 0 Å². The highest BCUT2D eigenvalue weighted by molar-refractivity contribution is 5.68. The zero-order valence-corrected chi connectivity index (χ0v) is 11.6. The average molecular weight is 257 g/mol. The molecule has 1 rings (SSSR count). The van der Waals surface area contributed by atoms with Crippen LogP contribution in [0.3, 0.4) is 0 Å². The molecule has 1 aliphatic carbocycles. The maximum absolute atomic E-state index is 11.5. The number of hydrogen-bond donors (Lipinski definition) is 1. The summed E-state index contributed by atoms with van der Waals surface area (Å²) < 4.78 is 10.7. The monoisotopic (exact) mass is 257 g/mol. The van der Waals surface area contributed by atoms with Gasteiger partial charge in [0.05, 0.1) is 12.7 Å². The first-order chi connectivity index (χ1) is 8.30. The van der Waals surface area contributed by atoms with Crippen LogP contribution in [0.4, 0.5) is 4.79 Å². The summed E-state index contributed by atoms with van der Waals surface area (Å²) in [4.78, 5) is 21.9. The largest absolute Gasteiger partial charge is 0.444 e. The third-order valence-corrected chi connectivity index (χ3v) is 2.68. The molecule has 0 heterocycles. The number of alkyl carbamates (subject to hydrolysis) is 1. The lowest BCUT2D eigenvalue weighted by molar-refractivity contribution is -0.121. The number of aldehydes is 1. The molecule has 0 aromatic carbocycles. The Labute approximate surface area is 108 Å². The molecule has 1 saturated carbocycles. The molecule has 0 aliphatic heterocycles. The Morgan fingerprint density at radius 3 is 2.56 bits per heavy atom. The lowest BCUT2D eigenvalue weighted by Gasteiger charge is -2.32. The van der Waals surface area contributed by atoms with E-state index in [-0.39, 0.29) is 23.7 Å². The third-order valence-electron chi connectivity index (χ3n) is 2.68. The first-order valence-electron chi connectivity index (χ1n) is 6.36. The number of carbonyl (C=O) groups excluding carboxylic acids is 2. The minimum atomic E-state index is -0.432. The number of ether oxygens (including phenoxy) is 2. The van der Waals surface area contributed by atoms with Gasteiger partial charge in [0.1, 0.15) is 12.4 Å². The SMILES string of the molecule is C[C@H](COC1CC(C=O)C1)OC(=O)NC(C)(C)C. The summed E-state index contributed by atoms with van der Waals surface area (Å²) in [6, 6.07) is 0. The van der Waals surface area contributed by atoms with Crippen LogP contribution in [0.1, 0.15) is 40.5 Å². The van der Waals surface area contributed by atoms with Crippen molar-refractivity contribution in [1.82, 2.24) is 5.32 Å². The lowest BCUT2D eigenvalue weighted by Crippen LogP contribution is -2.43. The van der Waals surface area contributed by atoms with E-state index in [1.54, 1.807) is 6.92 Å². The highest BCUT2D eigenvalue weighted by atomic mass is 16.6. The molecule has 0 saturated heterocycles. The standard InChI is InChI=1S/C13H23NO4/c1-9(18-12(16)14-13(2,3)4)8-17-11-5-10(6-11)7-15/h7,9-11H,5-6,8H2,1-4H3,(H,14,16)/t9-,10?,11?/m1/s1. The fourth-order valence-corrected chi connectivity index (χ4v) is 1.68. The van der Waals surface area contributed by atoms with E-state index in [0.717, 1.165) is 19.1 Å². The molecule has 1 atom stereocenters. The summed E-state index contributed by atoms with van der Waals surface area (Å²) in [5.41, 5.74) is -0.303. The Bertz CT molecular complexity index is 292. The second-order valence-electron chi connectivity index (χ2n) is 5.91. The first-order valence-corrected chi connectivity index (χ1v) is 6.36. The average Bonchev–Trinajstić information content (AvgIpc) is 2.12. The highest BCUT2D eigenvalue weighted by Gasteiger charge is 2.30. The van der Waals surface area contributed by atoms with Gasteiger partial charge in [-0.3, -0.25) is 0 Å². The van der Waals surface area contributed by atoms with Gasteiger partial charge in [-0.15, -0.1) is 0 Å². The minimum absolute atomic E-state index is 0.136. The van der Waals surface area contributed by atoms with E-state index >= 15 is 0 Å². The Kier molecular flexibility index (Phi) is 5.14. The predicted octanol–water partition coefficient (Wildman–Crippen LogP) is 1.89. The van der Waals surface area contributed by atoms with Gasteiger partial charge < -0.3 is 19.6 Å². The maximum Gasteiger partial charge on any atom is 0.407 e. The zero-order chi connectivity index (χ0) is 13.8. The van der Waals surface area contributed by atoms with Gasteiger partial charge >= 0.3 is 6.09 Å². The van der Waals surface area contributed by atoms with Gasteiger partial charge in [-0.25, -0.2) is 4.79 Å². The molecule has 0 radical (unpaired) electrons. The van der Waals surface area contributed by atoms with Crippen molar-refractivity contribution in [2.75, 3.05) is 6.61 Å². The second-order valence-corrected chi connectivity index (χ2v) is 5.91. The molecule has 5 nitrogen and oxygen atoms in total. The van der Waals surface area contributed by atoms with Gasteiger partial charge in [0.2, 0.25) is 0 Å². The van der Waals surface area contributed by atoms with Crippen molar-refractivity contribution in [2.24, 2.45) is 5.92 Å². The summed E-state index contributed by atoms with van der Waals surface area (Å²) >= 11 is 0. The van der Waals surface area contributed by atoms with Crippen LogP contribution in [0.25, 0.3) is 0 Å². The van der Waals surface area contributed by atoms with E-state index in [2.05, 4.69) is 5.32 Å². The molecular weight excluding hydrogens is 234 g/mol. The van der Waals surface area contributed by atoms with E-state index < -0.39 is 6.09 Å². The van der Waals surface area contributed by atoms with Crippen LogP contribution in [0, 0.1) is 5.92 Å². The number of nitrogens with one attached hydrogen (secondary N) is 1. The molecule has 0 unspecified atom stereocenters. The second kappa shape index (κ2) is 6.18. The van der Waals surface area contributed by atoms with Gasteiger partial charge in [-0.1, -0.05) is 0 Å². The Hall–Kier alpha value is -1.10. The molecule has 0 aromatic rings. The normalized spacial score (nSPS) is 24.9. The molecule has 1 aliphatic rings. The number of rotatable bonds is 5. The van der Waals surface area contributed by atoms with Gasteiger partial charge in [-0.2, -0.15) is 0 Å². The zero-order valence-electron chi connectivity index (χ0n) is 11.6. The van der Waals surface area contributed by atoms with Crippen LogP contribution in [0.5, 0.6) is 0 Å². The van der Waals surface area contributed by atoms with Crippen molar-refractivity contribution in [3.63, 3.8) is 0 Å². The smallest absolute Gasteiger partial charge is 0.407 e. The molecule has 0 spiro atoms. The fraction of sp³-hybridized carbons (Fsp3) is 0.846. The van der Waals surface area contributed by atoms with E-state index in [1.165, 1.54) is 0 Å². The van der Waals surface area contributed by atoms with E-state index in [4.69, 9.17) is 9.47 Å². The number of amides is 1. The summed E-state index contributed by atoms with van der Waals surface area (Å²) in [5, 5.41) is 2.72. The molecule has 0 bridgehead atoms. The van der Waals surface area contributed by atoms with Crippen molar-refractivity contribution < 1.29 is 19.1 Å². The van der Waals surface area contributed by atoms with Gasteiger partial charge in [0.25, 0.3) is 0 Å². The topological polar surface area (TPSA) is 64.6 Å². The van der Waals surface area contributed by atoms with Crippen LogP contribution in [0.15, 0.2) is 0 Å². The highest BCUT2D eigenvalue weighted by Crippen LogP contribution is 2.28. The van der Waals surface area contributed by atoms with Gasteiger partial charge in [0, 0.05) is 11.5 Å². The summed E-state index contributed by atoms with van der Waals surface area (Å²) in [5.74, 6) is 0.149. The van der Waals surface area contributed by atoms with Crippen molar-refractivity contribution >= 4 is 12.4 Å². The van der Waals surface area contributed by atoms with Crippen molar-refractivity contribution in [2.45, 2.75) is 58.3 Å². The maximum atomic E-state index is 11.5. The van der Waals surface area contributed by atoms with Crippen molar-refractivity contribution in [3.8, 4) is 0 Å².